The normalized spacial score (nSPS) is 14.6. The highest BCUT2D eigenvalue weighted by Crippen LogP contribution is 2.40. The standard InChI is InChI=1S/C26H29N5O2S/c1-16(2)33-23-11-9-17(12-19(23)13-27)25-29-30-26(34-25)22-7-5-6-20-18(8-10-21(20)22)14-28-15-24(32)31(3)4/h5-7,9,11-12,16,18,28H,8,10,14-15H2,1-4H3. The average molecular weight is 476 g/mol. The summed E-state index contributed by atoms with van der Waals surface area (Å²) in [6, 6.07) is 14.1. The number of carbonyl (C=O) groups excluding carboxylic acids is 1. The highest BCUT2D eigenvalue weighted by Gasteiger charge is 2.26. The lowest BCUT2D eigenvalue weighted by molar-refractivity contribution is -0.127. The van der Waals surface area contributed by atoms with Crippen LogP contribution in [0.4, 0.5) is 0 Å². The predicted octanol–water partition coefficient (Wildman–Crippen LogP) is 4.24. The predicted molar refractivity (Wildman–Crippen MR) is 134 cm³/mol. The van der Waals surface area contributed by atoms with Crippen molar-refractivity contribution in [1.82, 2.24) is 20.4 Å². The van der Waals surface area contributed by atoms with Crippen LogP contribution in [0.25, 0.3) is 21.1 Å². The van der Waals surface area contributed by atoms with Gasteiger partial charge in [0.05, 0.1) is 18.2 Å². The van der Waals surface area contributed by atoms with Gasteiger partial charge in [-0.05, 0) is 61.9 Å². The van der Waals surface area contributed by atoms with Gasteiger partial charge in [0.2, 0.25) is 5.91 Å². The molecule has 8 heteroatoms. The maximum absolute atomic E-state index is 11.9. The second-order valence-corrected chi connectivity index (χ2v) is 9.91. The molecule has 1 atom stereocenters. The molecule has 0 spiro atoms. The Morgan fingerprint density at radius 1 is 1.26 bits per heavy atom. The van der Waals surface area contributed by atoms with Gasteiger partial charge in [-0.1, -0.05) is 29.5 Å². The van der Waals surface area contributed by atoms with E-state index in [2.05, 4.69) is 39.8 Å². The molecule has 176 valence electrons. The zero-order valence-corrected chi connectivity index (χ0v) is 20.8. The van der Waals surface area contributed by atoms with E-state index in [4.69, 9.17) is 4.74 Å². The molecule has 1 aliphatic rings. The van der Waals surface area contributed by atoms with E-state index < -0.39 is 0 Å². The van der Waals surface area contributed by atoms with Crippen molar-refractivity contribution in [1.29, 1.82) is 5.26 Å². The van der Waals surface area contributed by atoms with Crippen LogP contribution in [0.1, 0.15) is 42.9 Å². The summed E-state index contributed by atoms with van der Waals surface area (Å²) in [5.74, 6) is 1.04. The zero-order valence-electron chi connectivity index (χ0n) is 20.0. The van der Waals surface area contributed by atoms with Gasteiger partial charge in [-0.25, -0.2) is 0 Å². The molecule has 7 nitrogen and oxygen atoms in total. The van der Waals surface area contributed by atoms with Crippen LogP contribution in [0.2, 0.25) is 0 Å². The SMILES string of the molecule is CC(C)Oc1ccc(-c2nnc(-c3cccc4c3CCC4CNCC(=O)N(C)C)s2)cc1C#N. The van der Waals surface area contributed by atoms with E-state index in [-0.39, 0.29) is 12.0 Å². The van der Waals surface area contributed by atoms with Gasteiger partial charge in [0.25, 0.3) is 0 Å². The lowest BCUT2D eigenvalue weighted by Crippen LogP contribution is -2.34. The van der Waals surface area contributed by atoms with Gasteiger partial charge in [-0.2, -0.15) is 5.26 Å². The van der Waals surface area contributed by atoms with Crippen molar-refractivity contribution < 1.29 is 9.53 Å². The third-order valence-corrected chi connectivity index (χ3v) is 6.93. The number of aromatic nitrogens is 2. The Balaban J connectivity index is 1.53. The Labute approximate surface area is 204 Å². The van der Waals surface area contributed by atoms with Crippen LogP contribution in [0.15, 0.2) is 36.4 Å². The number of fused-ring (bicyclic) bond motifs is 1. The molecule has 3 aromatic rings. The molecule has 0 fully saturated rings. The molecule has 0 saturated heterocycles. The molecular weight excluding hydrogens is 446 g/mol. The maximum Gasteiger partial charge on any atom is 0.236 e. The van der Waals surface area contributed by atoms with Gasteiger partial charge >= 0.3 is 0 Å². The number of nitriles is 1. The average Bonchev–Trinajstić information content (AvgIpc) is 3.46. The Hall–Kier alpha value is -3.28. The van der Waals surface area contributed by atoms with Crippen LogP contribution in [-0.2, 0) is 11.2 Å². The van der Waals surface area contributed by atoms with Gasteiger partial charge in [-0.15, -0.1) is 10.2 Å². The molecule has 1 unspecified atom stereocenters. The quantitative estimate of drug-likeness (QED) is 0.524. The molecule has 1 heterocycles. The van der Waals surface area contributed by atoms with Crippen molar-refractivity contribution in [3.8, 4) is 33.0 Å². The largest absolute Gasteiger partial charge is 0.490 e. The Kier molecular flexibility index (Phi) is 7.25. The minimum Gasteiger partial charge on any atom is -0.490 e. The number of nitrogens with zero attached hydrogens (tertiary/aromatic N) is 4. The first kappa shape index (κ1) is 23.9. The topological polar surface area (TPSA) is 91.1 Å². The van der Waals surface area contributed by atoms with Gasteiger partial charge in [0, 0.05) is 31.8 Å². The van der Waals surface area contributed by atoms with Crippen molar-refractivity contribution >= 4 is 17.2 Å². The summed E-state index contributed by atoms with van der Waals surface area (Å²) in [6.07, 6.45) is 2.02. The van der Waals surface area contributed by atoms with Crippen molar-refractivity contribution in [3.05, 3.63) is 53.1 Å². The minimum absolute atomic E-state index is 0.00115. The molecule has 0 aliphatic heterocycles. The monoisotopic (exact) mass is 475 g/mol. The molecule has 0 bridgehead atoms. The third kappa shape index (κ3) is 5.11. The van der Waals surface area contributed by atoms with Crippen molar-refractivity contribution in [3.63, 3.8) is 0 Å². The van der Waals surface area contributed by atoms with Crippen LogP contribution in [0, 0.1) is 11.3 Å². The molecule has 1 aliphatic carbocycles. The van der Waals surface area contributed by atoms with E-state index >= 15 is 0 Å². The summed E-state index contributed by atoms with van der Waals surface area (Å²) in [6.45, 7) is 5.01. The summed E-state index contributed by atoms with van der Waals surface area (Å²) in [4.78, 5) is 13.5. The molecule has 0 saturated carbocycles. The lowest BCUT2D eigenvalue weighted by atomic mass is 9.98. The Morgan fingerprint density at radius 3 is 2.79 bits per heavy atom. The molecule has 1 N–H and O–H groups in total. The summed E-state index contributed by atoms with van der Waals surface area (Å²) in [5, 5.41) is 23.4. The van der Waals surface area contributed by atoms with E-state index in [1.807, 2.05) is 32.0 Å². The maximum atomic E-state index is 11.9. The van der Waals surface area contributed by atoms with Crippen LogP contribution >= 0.6 is 11.3 Å². The summed E-state index contributed by atoms with van der Waals surface area (Å²) in [7, 11) is 3.54. The van der Waals surface area contributed by atoms with E-state index in [0.717, 1.165) is 40.5 Å². The number of likely N-dealkylation sites (N-methyl/N-ethyl adjacent to an activating group) is 1. The van der Waals surface area contributed by atoms with Crippen molar-refractivity contribution in [2.75, 3.05) is 27.2 Å². The highest BCUT2D eigenvalue weighted by molar-refractivity contribution is 7.17. The molecule has 34 heavy (non-hydrogen) atoms. The summed E-state index contributed by atoms with van der Waals surface area (Å²) in [5.41, 5.74) is 5.10. The van der Waals surface area contributed by atoms with Crippen LogP contribution < -0.4 is 10.1 Å². The molecule has 4 rings (SSSR count). The first-order chi connectivity index (χ1) is 16.4. The number of carbonyl (C=O) groups is 1. The second kappa shape index (κ2) is 10.3. The molecule has 1 aromatic heterocycles. The Morgan fingerprint density at radius 2 is 2.06 bits per heavy atom. The lowest BCUT2D eigenvalue weighted by Gasteiger charge is -2.15. The number of hydrogen-bond donors (Lipinski definition) is 1. The van der Waals surface area contributed by atoms with E-state index in [0.29, 0.717) is 23.8 Å². The first-order valence-corrected chi connectivity index (χ1v) is 12.3. The number of benzene rings is 2. The van der Waals surface area contributed by atoms with Gasteiger partial charge in [-0.3, -0.25) is 4.79 Å². The zero-order chi connectivity index (χ0) is 24.2. The second-order valence-electron chi connectivity index (χ2n) is 8.93. The van der Waals surface area contributed by atoms with Crippen LogP contribution in [0.3, 0.4) is 0 Å². The first-order valence-electron chi connectivity index (χ1n) is 11.4. The molecule has 1 amide bonds. The van der Waals surface area contributed by atoms with Gasteiger partial charge in [0.1, 0.15) is 21.8 Å². The fraction of sp³-hybridized carbons (Fsp3) is 0.385. The van der Waals surface area contributed by atoms with Crippen LogP contribution in [0.5, 0.6) is 5.75 Å². The Bertz CT molecular complexity index is 1230. The third-order valence-electron chi connectivity index (χ3n) is 5.93. The van der Waals surface area contributed by atoms with Gasteiger partial charge < -0.3 is 15.0 Å². The summed E-state index contributed by atoms with van der Waals surface area (Å²) < 4.78 is 5.73. The highest BCUT2D eigenvalue weighted by atomic mass is 32.1. The van der Waals surface area contributed by atoms with Crippen LogP contribution in [-0.4, -0.2) is 54.3 Å². The fourth-order valence-electron chi connectivity index (χ4n) is 4.22. The number of rotatable bonds is 8. The van der Waals surface area contributed by atoms with Crippen molar-refractivity contribution in [2.24, 2.45) is 0 Å². The summed E-state index contributed by atoms with van der Waals surface area (Å²) >= 11 is 1.53. The van der Waals surface area contributed by atoms with E-state index in [1.165, 1.54) is 22.5 Å². The molecule has 2 aromatic carbocycles. The number of ether oxygens (including phenoxy) is 1. The number of hydrogen-bond acceptors (Lipinski definition) is 7. The molecule has 0 radical (unpaired) electrons. The number of nitrogens with one attached hydrogen (secondary N) is 1. The van der Waals surface area contributed by atoms with Crippen molar-refractivity contribution in [2.45, 2.75) is 38.7 Å². The minimum atomic E-state index is -0.00115. The smallest absolute Gasteiger partial charge is 0.236 e. The molecular formula is C26H29N5O2S. The van der Waals surface area contributed by atoms with E-state index in [1.54, 1.807) is 19.0 Å². The van der Waals surface area contributed by atoms with Gasteiger partial charge in [0.15, 0.2) is 0 Å². The number of amides is 1. The van der Waals surface area contributed by atoms with E-state index in [9.17, 15) is 10.1 Å². The fourth-order valence-corrected chi connectivity index (χ4v) is 5.11.